The molecular weight excluding hydrogens is 356 g/mol. The van der Waals surface area contributed by atoms with Crippen LogP contribution >= 0.6 is 0 Å². The fraction of sp³-hybridized carbons (Fsp3) is 0.619. The third-order valence-corrected chi connectivity index (χ3v) is 5.85. The lowest BCUT2D eigenvalue weighted by Crippen LogP contribution is -2.58. The Kier molecular flexibility index (Phi) is 6.13. The number of piperazine rings is 2. The number of hydrogen-bond donors (Lipinski definition) is 0. The standard InChI is InChI=1S/C21H32N4O3/c1-21(2,19(26)24-11-9-22(3)10-12-24)20(27)25-15-13-23(14-16-25)17-7-5-6-8-18(17)28-4/h5-8H,9-16H2,1-4H3. The maximum atomic E-state index is 13.2. The van der Waals surface area contributed by atoms with Crippen molar-refractivity contribution in [1.82, 2.24) is 14.7 Å². The van der Waals surface area contributed by atoms with Gasteiger partial charge in [0.25, 0.3) is 0 Å². The van der Waals surface area contributed by atoms with Crippen LogP contribution in [-0.2, 0) is 9.59 Å². The molecule has 7 nitrogen and oxygen atoms in total. The highest BCUT2D eigenvalue weighted by Crippen LogP contribution is 2.29. The quantitative estimate of drug-likeness (QED) is 0.724. The van der Waals surface area contributed by atoms with E-state index in [0.29, 0.717) is 26.2 Å². The first-order valence-corrected chi connectivity index (χ1v) is 10.00. The molecule has 0 radical (unpaired) electrons. The van der Waals surface area contributed by atoms with E-state index in [4.69, 9.17) is 4.74 Å². The Morgan fingerprint density at radius 3 is 1.89 bits per heavy atom. The number of anilines is 1. The Morgan fingerprint density at radius 1 is 0.857 bits per heavy atom. The molecule has 3 rings (SSSR count). The zero-order valence-corrected chi connectivity index (χ0v) is 17.5. The lowest BCUT2D eigenvalue weighted by molar-refractivity contribution is -0.155. The first-order valence-electron chi connectivity index (χ1n) is 10.00. The summed E-state index contributed by atoms with van der Waals surface area (Å²) in [6, 6.07) is 7.93. The highest BCUT2D eigenvalue weighted by Gasteiger charge is 2.42. The van der Waals surface area contributed by atoms with E-state index >= 15 is 0 Å². The van der Waals surface area contributed by atoms with Gasteiger partial charge in [0.1, 0.15) is 11.2 Å². The number of ether oxygens (including phenoxy) is 1. The van der Waals surface area contributed by atoms with Gasteiger partial charge in [-0.2, -0.15) is 0 Å². The van der Waals surface area contributed by atoms with Crippen LogP contribution in [0.5, 0.6) is 5.75 Å². The average molecular weight is 389 g/mol. The second-order valence-electron chi connectivity index (χ2n) is 8.17. The van der Waals surface area contributed by atoms with Crippen molar-refractivity contribution in [1.29, 1.82) is 0 Å². The number of likely N-dealkylation sites (N-methyl/N-ethyl adjacent to an activating group) is 1. The van der Waals surface area contributed by atoms with Gasteiger partial charge in [0.15, 0.2) is 0 Å². The number of para-hydroxylation sites is 2. The molecule has 1 aromatic carbocycles. The number of benzene rings is 1. The molecule has 2 aliphatic rings. The molecule has 154 valence electrons. The average Bonchev–Trinajstić information content (AvgIpc) is 2.73. The number of rotatable bonds is 4. The van der Waals surface area contributed by atoms with E-state index in [9.17, 15) is 9.59 Å². The molecule has 2 heterocycles. The van der Waals surface area contributed by atoms with Crippen molar-refractivity contribution in [2.24, 2.45) is 5.41 Å². The normalized spacial score (nSPS) is 18.9. The van der Waals surface area contributed by atoms with Crippen molar-refractivity contribution in [3.8, 4) is 5.75 Å². The molecule has 1 aromatic rings. The van der Waals surface area contributed by atoms with E-state index in [1.807, 2.05) is 34.1 Å². The Morgan fingerprint density at radius 2 is 1.36 bits per heavy atom. The van der Waals surface area contributed by atoms with E-state index in [1.54, 1.807) is 21.0 Å². The summed E-state index contributed by atoms with van der Waals surface area (Å²) in [7, 11) is 3.73. The Labute approximate surface area is 167 Å². The van der Waals surface area contributed by atoms with Crippen LogP contribution in [0.3, 0.4) is 0 Å². The minimum absolute atomic E-state index is 0.0576. The van der Waals surface area contributed by atoms with Gasteiger partial charge in [-0.1, -0.05) is 12.1 Å². The summed E-state index contributed by atoms with van der Waals surface area (Å²) in [5, 5.41) is 0. The maximum absolute atomic E-state index is 13.2. The van der Waals surface area contributed by atoms with Crippen LogP contribution in [0.2, 0.25) is 0 Å². The van der Waals surface area contributed by atoms with Gasteiger partial charge in [0.2, 0.25) is 11.8 Å². The zero-order valence-electron chi connectivity index (χ0n) is 17.5. The Hall–Kier alpha value is -2.28. The fourth-order valence-corrected chi connectivity index (χ4v) is 3.93. The molecule has 2 amide bonds. The fourth-order valence-electron chi connectivity index (χ4n) is 3.93. The first kappa shape index (κ1) is 20.5. The van der Waals surface area contributed by atoms with Crippen LogP contribution in [0.1, 0.15) is 13.8 Å². The van der Waals surface area contributed by atoms with E-state index < -0.39 is 5.41 Å². The predicted molar refractivity (Wildman–Crippen MR) is 110 cm³/mol. The minimum Gasteiger partial charge on any atom is -0.495 e. The van der Waals surface area contributed by atoms with Crippen molar-refractivity contribution in [3.05, 3.63) is 24.3 Å². The number of hydrogen-bond acceptors (Lipinski definition) is 5. The van der Waals surface area contributed by atoms with Gasteiger partial charge < -0.3 is 24.3 Å². The van der Waals surface area contributed by atoms with Crippen LogP contribution < -0.4 is 9.64 Å². The predicted octanol–water partition coefficient (Wildman–Crippen LogP) is 1.14. The Bertz CT molecular complexity index is 705. The largest absolute Gasteiger partial charge is 0.495 e. The van der Waals surface area contributed by atoms with Gasteiger partial charge in [0.05, 0.1) is 12.8 Å². The third-order valence-electron chi connectivity index (χ3n) is 5.85. The lowest BCUT2D eigenvalue weighted by Gasteiger charge is -2.41. The Balaban J connectivity index is 1.61. The molecule has 0 unspecified atom stereocenters. The van der Waals surface area contributed by atoms with Crippen LogP contribution in [-0.4, -0.2) is 93.0 Å². The molecule has 7 heteroatoms. The zero-order chi connectivity index (χ0) is 20.3. The van der Waals surface area contributed by atoms with Crippen LogP contribution in [0.4, 0.5) is 5.69 Å². The highest BCUT2D eigenvalue weighted by atomic mass is 16.5. The molecule has 28 heavy (non-hydrogen) atoms. The summed E-state index contributed by atoms with van der Waals surface area (Å²) in [6.07, 6.45) is 0. The molecule has 2 saturated heterocycles. The molecule has 0 aromatic heterocycles. The van der Waals surface area contributed by atoms with Gasteiger partial charge in [-0.3, -0.25) is 9.59 Å². The molecular formula is C21H32N4O3. The summed E-state index contributed by atoms with van der Waals surface area (Å²) < 4.78 is 5.46. The van der Waals surface area contributed by atoms with Gasteiger partial charge in [-0.05, 0) is 33.0 Å². The number of carbonyl (C=O) groups is 2. The molecule has 0 N–H and O–H groups in total. The topological polar surface area (TPSA) is 56.3 Å². The van der Waals surface area contributed by atoms with Crippen molar-refractivity contribution < 1.29 is 14.3 Å². The number of methoxy groups -OCH3 is 1. The summed E-state index contributed by atoms with van der Waals surface area (Å²) in [4.78, 5) is 34.3. The maximum Gasteiger partial charge on any atom is 0.237 e. The lowest BCUT2D eigenvalue weighted by atomic mass is 9.89. The van der Waals surface area contributed by atoms with Crippen LogP contribution in [0.25, 0.3) is 0 Å². The molecule has 0 saturated carbocycles. The van der Waals surface area contributed by atoms with Gasteiger partial charge in [-0.15, -0.1) is 0 Å². The van der Waals surface area contributed by atoms with Crippen molar-refractivity contribution in [2.75, 3.05) is 71.4 Å². The van der Waals surface area contributed by atoms with Crippen molar-refractivity contribution in [2.45, 2.75) is 13.8 Å². The number of carbonyl (C=O) groups excluding carboxylic acids is 2. The summed E-state index contributed by atoms with van der Waals surface area (Å²) in [5.74, 6) is 0.710. The molecule has 0 aliphatic carbocycles. The van der Waals surface area contributed by atoms with E-state index in [-0.39, 0.29) is 11.8 Å². The van der Waals surface area contributed by atoms with Crippen LogP contribution in [0, 0.1) is 5.41 Å². The van der Waals surface area contributed by atoms with E-state index in [2.05, 4.69) is 16.8 Å². The molecule has 0 bridgehead atoms. The van der Waals surface area contributed by atoms with Gasteiger partial charge in [0, 0.05) is 52.4 Å². The van der Waals surface area contributed by atoms with E-state index in [1.165, 1.54) is 0 Å². The monoisotopic (exact) mass is 388 g/mol. The third kappa shape index (κ3) is 4.09. The van der Waals surface area contributed by atoms with Gasteiger partial charge in [-0.25, -0.2) is 0 Å². The molecule has 2 fully saturated rings. The van der Waals surface area contributed by atoms with Gasteiger partial charge >= 0.3 is 0 Å². The summed E-state index contributed by atoms with van der Waals surface area (Å²) in [5.41, 5.74) is 0.0209. The highest BCUT2D eigenvalue weighted by molar-refractivity contribution is 6.04. The van der Waals surface area contributed by atoms with Crippen molar-refractivity contribution >= 4 is 17.5 Å². The second-order valence-corrected chi connectivity index (χ2v) is 8.17. The molecule has 0 atom stereocenters. The van der Waals surface area contributed by atoms with E-state index in [0.717, 1.165) is 37.6 Å². The molecule has 0 spiro atoms. The van der Waals surface area contributed by atoms with Crippen molar-refractivity contribution in [3.63, 3.8) is 0 Å². The minimum atomic E-state index is -1.03. The smallest absolute Gasteiger partial charge is 0.237 e. The first-order chi connectivity index (χ1) is 13.3. The second kappa shape index (κ2) is 8.39. The number of nitrogens with zero attached hydrogens (tertiary/aromatic N) is 4. The molecule has 2 aliphatic heterocycles. The number of amides is 2. The summed E-state index contributed by atoms with van der Waals surface area (Å²) in [6.45, 7) is 9.29. The summed E-state index contributed by atoms with van der Waals surface area (Å²) >= 11 is 0. The van der Waals surface area contributed by atoms with Crippen LogP contribution in [0.15, 0.2) is 24.3 Å². The SMILES string of the molecule is COc1ccccc1N1CCN(C(=O)C(C)(C)C(=O)N2CCN(C)CC2)CC1.